The smallest absolute Gasteiger partial charge is 0.147 e. The molecule has 4 nitrogen and oxygen atoms in total. The van der Waals surface area contributed by atoms with Crippen molar-refractivity contribution in [3.8, 4) is 0 Å². The van der Waals surface area contributed by atoms with E-state index < -0.39 is 0 Å². The summed E-state index contributed by atoms with van der Waals surface area (Å²) in [4.78, 5) is 11.9. The molecule has 0 radical (unpaired) electrons. The van der Waals surface area contributed by atoms with Gasteiger partial charge in [0.1, 0.15) is 5.82 Å². The summed E-state index contributed by atoms with van der Waals surface area (Å²) in [5.41, 5.74) is 1.07. The lowest BCUT2D eigenvalue weighted by atomic mass is 9.96. The Morgan fingerprint density at radius 3 is 2.57 bits per heavy atom. The summed E-state index contributed by atoms with van der Waals surface area (Å²) in [5.74, 6) is 1.99. The first-order valence-corrected chi connectivity index (χ1v) is 8.71. The highest BCUT2D eigenvalue weighted by molar-refractivity contribution is 5.39. The second kappa shape index (κ2) is 5.91. The van der Waals surface area contributed by atoms with Crippen molar-refractivity contribution in [2.24, 2.45) is 5.92 Å². The van der Waals surface area contributed by atoms with Crippen molar-refractivity contribution >= 4 is 5.82 Å². The summed E-state index contributed by atoms with van der Waals surface area (Å²) in [6.07, 6.45) is 14.9. The SMILES string of the molecule is c1nc(N2CCCC2C2CCCC2)cnc1CNC1CC1. The van der Waals surface area contributed by atoms with Gasteiger partial charge in [-0.1, -0.05) is 12.8 Å². The zero-order valence-electron chi connectivity index (χ0n) is 12.8. The molecule has 1 aliphatic heterocycles. The summed E-state index contributed by atoms with van der Waals surface area (Å²) in [5, 5.41) is 3.50. The van der Waals surface area contributed by atoms with Crippen LogP contribution in [0.2, 0.25) is 0 Å². The summed E-state index contributed by atoms with van der Waals surface area (Å²) in [6.45, 7) is 2.03. The Morgan fingerprint density at radius 2 is 1.86 bits per heavy atom. The highest BCUT2D eigenvalue weighted by atomic mass is 15.2. The molecule has 0 bridgehead atoms. The van der Waals surface area contributed by atoms with Gasteiger partial charge in [0.05, 0.1) is 18.1 Å². The van der Waals surface area contributed by atoms with Crippen molar-refractivity contribution in [3.63, 3.8) is 0 Å². The fraction of sp³-hybridized carbons (Fsp3) is 0.765. The third-order valence-electron chi connectivity index (χ3n) is 5.38. The Balaban J connectivity index is 1.41. The van der Waals surface area contributed by atoms with Gasteiger partial charge >= 0.3 is 0 Å². The van der Waals surface area contributed by atoms with Crippen molar-refractivity contribution in [2.45, 2.75) is 70.0 Å². The molecule has 2 aliphatic carbocycles. The Morgan fingerprint density at radius 1 is 1.00 bits per heavy atom. The molecule has 0 aromatic carbocycles. The van der Waals surface area contributed by atoms with Gasteiger partial charge in [-0.05, 0) is 44.4 Å². The quantitative estimate of drug-likeness (QED) is 0.903. The minimum Gasteiger partial charge on any atom is -0.352 e. The number of hydrogen-bond acceptors (Lipinski definition) is 4. The highest BCUT2D eigenvalue weighted by Gasteiger charge is 2.34. The molecule has 2 heterocycles. The van der Waals surface area contributed by atoms with E-state index in [-0.39, 0.29) is 0 Å². The number of hydrogen-bond donors (Lipinski definition) is 1. The number of anilines is 1. The number of nitrogens with one attached hydrogen (secondary N) is 1. The topological polar surface area (TPSA) is 41.1 Å². The first-order valence-electron chi connectivity index (χ1n) is 8.71. The highest BCUT2D eigenvalue weighted by Crippen LogP contribution is 2.36. The van der Waals surface area contributed by atoms with Crippen LogP contribution < -0.4 is 10.2 Å². The van der Waals surface area contributed by atoms with Gasteiger partial charge in [0.2, 0.25) is 0 Å². The summed E-state index contributed by atoms with van der Waals surface area (Å²) < 4.78 is 0. The maximum absolute atomic E-state index is 4.70. The summed E-state index contributed by atoms with van der Waals surface area (Å²) in [7, 11) is 0. The van der Waals surface area contributed by atoms with Gasteiger partial charge in [0.25, 0.3) is 0 Å². The molecule has 4 rings (SSSR count). The number of nitrogens with zero attached hydrogens (tertiary/aromatic N) is 3. The van der Waals surface area contributed by atoms with Crippen molar-refractivity contribution < 1.29 is 0 Å². The number of rotatable bonds is 5. The maximum Gasteiger partial charge on any atom is 0.147 e. The standard InChI is InChI=1S/C17H26N4/c1-2-5-13(4-1)16-6-3-9-21(16)17-12-19-15(11-20-17)10-18-14-7-8-14/h11-14,16,18H,1-10H2. The van der Waals surface area contributed by atoms with Crippen LogP contribution in [0.3, 0.4) is 0 Å². The van der Waals surface area contributed by atoms with Gasteiger partial charge in [0.15, 0.2) is 0 Å². The summed E-state index contributed by atoms with van der Waals surface area (Å²) >= 11 is 0. The fourth-order valence-electron chi connectivity index (χ4n) is 4.03. The maximum atomic E-state index is 4.70. The van der Waals surface area contributed by atoms with E-state index in [4.69, 9.17) is 4.98 Å². The third-order valence-corrected chi connectivity index (χ3v) is 5.38. The largest absolute Gasteiger partial charge is 0.352 e. The average Bonchev–Trinajstić information content (AvgIpc) is 3.01. The Kier molecular flexibility index (Phi) is 3.80. The Hall–Kier alpha value is -1.16. The monoisotopic (exact) mass is 286 g/mol. The molecule has 3 aliphatic rings. The van der Waals surface area contributed by atoms with Crippen molar-refractivity contribution in [3.05, 3.63) is 18.1 Å². The van der Waals surface area contributed by atoms with Crippen LogP contribution in [0.1, 0.15) is 57.1 Å². The van der Waals surface area contributed by atoms with Crippen LogP contribution >= 0.6 is 0 Å². The molecule has 21 heavy (non-hydrogen) atoms. The predicted molar refractivity (Wildman–Crippen MR) is 84.2 cm³/mol. The molecule has 114 valence electrons. The van der Waals surface area contributed by atoms with E-state index in [0.29, 0.717) is 0 Å². The lowest BCUT2D eigenvalue weighted by Gasteiger charge is -2.30. The molecule has 0 spiro atoms. The fourth-order valence-corrected chi connectivity index (χ4v) is 4.03. The Bertz CT molecular complexity index is 462. The molecule has 0 amide bonds. The van der Waals surface area contributed by atoms with Crippen LogP contribution in [0.5, 0.6) is 0 Å². The molecule has 3 fully saturated rings. The lowest BCUT2D eigenvalue weighted by Crippen LogP contribution is -2.35. The first-order chi connectivity index (χ1) is 10.4. The van der Waals surface area contributed by atoms with E-state index in [1.807, 2.05) is 12.4 Å². The second-order valence-corrected chi connectivity index (χ2v) is 6.97. The lowest BCUT2D eigenvalue weighted by molar-refractivity contribution is 0.429. The molecule has 4 heteroatoms. The molecule has 1 unspecified atom stereocenters. The average molecular weight is 286 g/mol. The normalized spacial score (nSPS) is 26.7. The van der Waals surface area contributed by atoms with E-state index in [1.165, 1.54) is 51.4 Å². The van der Waals surface area contributed by atoms with E-state index in [9.17, 15) is 0 Å². The number of aromatic nitrogens is 2. The molecular weight excluding hydrogens is 260 g/mol. The second-order valence-electron chi connectivity index (χ2n) is 6.97. The molecule has 1 N–H and O–H groups in total. The molecule has 1 aromatic rings. The summed E-state index contributed by atoms with van der Waals surface area (Å²) in [6, 6.07) is 1.45. The van der Waals surface area contributed by atoms with E-state index in [0.717, 1.165) is 42.6 Å². The first kappa shape index (κ1) is 13.5. The third kappa shape index (κ3) is 3.05. The van der Waals surface area contributed by atoms with Crippen molar-refractivity contribution in [2.75, 3.05) is 11.4 Å². The van der Waals surface area contributed by atoms with Crippen molar-refractivity contribution in [1.82, 2.24) is 15.3 Å². The molecule has 1 saturated heterocycles. The van der Waals surface area contributed by atoms with Gasteiger partial charge in [-0.15, -0.1) is 0 Å². The van der Waals surface area contributed by atoms with Crippen LogP contribution in [0.15, 0.2) is 12.4 Å². The van der Waals surface area contributed by atoms with Crippen LogP contribution in [0.25, 0.3) is 0 Å². The molecular formula is C17H26N4. The van der Waals surface area contributed by atoms with Crippen LogP contribution in [-0.2, 0) is 6.54 Å². The minimum atomic E-state index is 0.720. The van der Waals surface area contributed by atoms with E-state index >= 15 is 0 Å². The van der Waals surface area contributed by atoms with E-state index in [2.05, 4.69) is 15.2 Å². The zero-order valence-corrected chi connectivity index (χ0v) is 12.8. The molecule has 2 saturated carbocycles. The van der Waals surface area contributed by atoms with Gasteiger partial charge in [-0.3, -0.25) is 4.98 Å². The van der Waals surface area contributed by atoms with Crippen LogP contribution in [-0.4, -0.2) is 28.6 Å². The molecule has 1 atom stereocenters. The van der Waals surface area contributed by atoms with Gasteiger partial charge in [0, 0.05) is 25.2 Å². The predicted octanol–water partition coefficient (Wildman–Crippen LogP) is 2.89. The van der Waals surface area contributed by atoms with Gasteiger partial charge < -0.3 is 10.2 Å². The van der Waals surface area contributed by atoms with E-state index in [1.54, 1.807) is 0 Å². The zero-order chi connectivity index (χ0) is 14.1. The Labute approximate surface area is 127 Å². The van der Waals surface area contributed by atoms with Crippen molar-refractivity contribution in [1.29, 1.82) is 0 Å². The van der Waals surface area contributed by atoms with Gasteiger partial charge in [-0.25, -0.2) is 4.98 Å². The van der Waals surface area contributed by atoms with Crippen LogP contribution in [0.4, 0.5) is 5.82 Å². The molecule has 1 aromatic heterocycles. The van der Waals surface area contributed by atoms with Gasteiger partial charge in [-0.2, -0.15) is 0 Å². The van der Waals surface area contributed by atoms with Crippen LogP contribution in [0, 0.1) is 5.92 Å². The minimum absolute atomic E-state index is 0.720.